The first-order valence-electron chi connectivity index (χ1n) is 19.2. The summed E-state index contributed by atoms with van der Waals surface area (Å²) in [7, 11) is 0. The van der Waals surface area contributed by atoms with Crippen LogP contribution in [0, 0.1) is 0 Å². The molecule has 0 aliphatic heterocycles. The molecule has 9 aromatic carbocycles. The van der Waals surface area contributed by atoms with Crippen molar-refractivity contribution in [2.45, 2.75) is 0 Å². The molecule has 0 aliphatic carbocycles. The van der Waals surface area contributed by atoms with Gasteiger partial charge in [0.05, 0.1) is 28.1 Å². The fourth-order valence-electron chi connectivity index (χ4n) is 8.30. The van der Waals surface area contributed by atoms with Gasteiger partial charge in [-0.15, -0.1) is 0 Å². The lowest BCUT2D eigenvalue weighted by Gasteiger charge is -2.29. The third kappa shape index (κ3) is 5.85. The maximum absolute atomic E-state index is 2.45. The van der Waals surface area contributed by atoms with E-state index in [4.69, 9.17) is 0 Å². The van der Waals surface area contributed by atoms with Crippen molar-refractivity contribution in [1.82, 2.24) is 4.57 Å². The Bertz CT molecular complexity index is 2940. The number of nitrogens with zero attached hydrogens (tertiary/aromatic N) is 2. The van der Waals surface area contributed by atoms with Crippen LogP contribution < -0.4 is 4.90 Å². The van der Waals surface area contributed by atoms with Gasteiger partial charge in [-0.3, -0.25) is 0 Å². The van der Waals surface area contributed by atoms with Crippen molar-refractivity contribution >= 4 is 38.9 Å². The zero-order valence-corrected chi connectivity index (χ0v) is 30.8. The highest BCUT2D eigenvalue weighted by atomic mass is 15.2. The van der Waals surface area contributed by atoms with Gasteiger partial charge >= 0.3 is 0 Å². The first-order valence-corrected chi connectivity index (χ1v) is 19.2. The van der Waals surface area contributed by atoms with Crippen molar-refractivity contribution in [1.29, 1.82) is 0 Å². The average molecular weight is 715 g/mol. The molecule has 2 heteroatoms. The van der Waals surface area contributed by atoms with E-state index in [0.29, 0.717) is 0 Å². The number of para-hydroxylation sites is 4. The lowest BCUT2D eigenvalue weighted by molar-refractivity contribution is 1.18. The minimum atomic E-state index is 1.10. The summed E-state index contributed by atoms with van der Waals surface area (Å²) in [5.41, 5.74) is 16.4. The summed E-state index contributed by atoms with van der Waals surface area (Å²) in [6.45, 7) is 0. The van der Waals surface area contributed by atoms with Crippen LogP contribution in [-0.4, -0.2) is 4.57 Å². The van der Waals surface area contributed by atoms with E-state index < -0.39 is 0 Å². The van der Waals surface area contributed by atoms with Gasteiger partial charge in [0.1, 0.15) is 0 Å². The Morgan fingerprint density at radius 3 is 1.52 bits per heavy atom. The summed E-state index contributed by atoms with van der Waals surface area (Å²) in [5.74, 6) is 0. The molecule has 0 fully saturated rings. The number of hydrogen-bond donors (Lipinski definition) is 0. The van der Waals surface area contributed by atoms with Crippen molar-refractivity contribution in [3.8, 4) is 50.2 Å². The van der Waals surface area contributed by atoms with Gasteiger partial charge in [-0.2, -0.15) is 0 Å². The Hall–Kier alpha value is -7.42. The van der Waals surface area contributed by atoms with Gasteiger partial charge in [-0.1, -0.05) is 188 Å². The molecular formula is C54H38N2. The zero-order valence-electron chi connectivity index (χ0n) is 30.8. The van der Waals surface area contributed by atoms with E-state index in [1.54, 1.807) is 0 Å². The fraction of sp³-hybridized carbons (Fsp3) is 0. The van der Waals surface area contributed by atoms with Crippen molar-refractivity contribution in [3.05, 3.63) is 231 Å². The Morgan fingerprint density at radius 2 is 0.768 bits per heavy atom. The van der Waals surface area contributed by atoms with E-state index in [-0.39, 0.29) is 0 Å². The molecule has 1 aromatic heterocycles. The number of fused-ring (bicyclic) bond motifs is 3. The lowest BCUT2D eigenvalue weighted by atomic mass is 9.93. The molecule has 2 nitrogen and oxygen atoms in total. The van der Waals surface area contributed by atoms with Gasteiger partial charge in [-0.25, -0.2) is 0 Å². The molecule has 0 saturated carbocycles. The van der Waals surface area contributed by atoms with Crippen molar-refractivity contribution in [3.63, 3.8) is 0 Å². The smallest absolute Gasteiger partial charge is 0.0562 e. The van der Waals surface area contributed by atoms with Crippen LogP contribution in [0.5, 0.6) is 0 Å². The summed E-state index contributed by atoms with van der Waals surface area (Å²) in [6, 6.07) is 83.0. The predicted molar refractivity (Wildman–Crippen MR) is 237 cm³/mol. The number of hydrogen-bond acceptors (Lipinski definition) is 1. The highest BCUT2D eigenvalue weighted by Gasteiger charge is 2.24. The minimum absolute atomic E-state index is 1.10. The highest BCUT2D eigenvalue weighted by Crippen LogP contribution is 2.48. The molecule has 0 N–H and O–H groups in total. The Labute approximate surface area is 327 Å². The van der Waals surface area contributed by atoms with Crippen LogP contribution in [0.2, 0.25) is 0 Å². The average Bonchev–Trinajstić information content (AvgIpc) is 3.63. The standard InChI is InChI=1S/C54H38N2/c1-4-19-39(20-5-1)40-35-37-42(38-36-40)45-26-12-15-30-49(45)56-51-32-17-14-29-48(51)54-52(33-18-34-53(54)56)55(43-23-8-3-9-24-43)50-31-16-13-28-47(50)46-27-11-10-25-44(46)41-21-6-2-7-22-41/h1-38H. The summed E-state index contributed by atoms with van der Waals surface area (Å²) in [6.07, 6.45) is 0. The minimum Gasteiger partial charge on any atom is -0.309 e. The summed E-state index contributed by atoms with van der Waals surface area (Å²) < 4.78 is 2.45. The summed E-state index contributed by atoms with van der Waals surface area (Å²) >= 11 is 0. The quantitative estimate of drug-likeness (QED) is 0.152. The van der Waals surface area contributed by atoms with E-state index in [2.05, 4.69) is 240 Å². The van der Waals surface area contributed by atoms with E-state index in [1.165, 1.54) is 60.8 Å². The lowest BCUT2D eigenvalue weighted by Crippen LogP contribution is -2.11. The third-order valence-electron chi connectivity index (χ3n) is 10.8. The van der Waals surface area contributed by atoms with Crippen LogP contribution >= 0.6 is 0 Å². The molecule has 264 valence electrons. The number of benzene rings is 9. The number of anilines is 3. The monoisotopic (exact) mass is 714 g/mol. The number of aromatic nitrogens is 1. The Kier molecular flexibility index (Phi) is 8.55. The maximum atomic E-state index is 2.45. The van der Waals surface area contributed by atoms with Crippen LogP contribution in [0.25, 0.3) is 72.0 Å². The zero-order chi connectivity index (χ0) is 37.3. The predicted octanol–water partition coefficient (Wildman–Crippen LogP) is 14.9. The molecule has 0 bridgehead atoms. The maximum Gasteiger partial charge on any atom is 0.0562 e. The summed E-state index contributed by atoms with van der Waals surface area (Å²) in [5, 5.41) is 2.41. The van der Waals surface area contributed by atoms with E-state index in [1.807, 2.05) is 0 Å². The fourth-order valence-corrected chi connectivity index (χ4v) is 8.30. The van der Waals surface area contributed by atoms with Crippen LogP contribution in [-0.2, 0) is 0 Å². The number of rotatable bonds is 8. The molecule has 10 aromatic rings. The van der Waals surface area contributed by atoms with Gasteiger partial charge < -0.3 is 9.47 Å². The first kappa shape index (κ1) is 33.2. The molecule has 0 saturated heterocycles. The van der Waals surface area contributed by atoms with Crippen LogP contribution in [0.1, 0.15) is 0 Å². The molecule has 0 aliphatic rings. The highest BCUT2D eigenvalue weighted by molar-refractivity contribution is 6.17. The second-order valence-corrected chi connectivity index (χ2v) is 14.1. The molecule has 56 heavy (non-hydrogen) atoms. The normalized spacial score (nSPS) is 11.2. The Morgan fingerprint density at radius 1 is 0.286 bits per heavy atom. The molecule has 0 atom stereocenters. The van der Waals surface area contributed by atoms with Gasteiger partial charge in [0.2, 0.25) is 0 Å². The SMILES string of the molecule is c1ccc(-c2ccc(-c3ccccc3-n3c4ccccc4c4c(N(c5ccccc5)c5ccccc5-c5ccccc5-c5ccccc5)cccc43)cc2)cc1. The van der Waals surface area contributed by atoms with E-state index in [9.17, 15) is 0 Å². The van der Waals surface area contributed by atoms with Gasteiger partial charge in [-0.05, 0) is 75.8 Å². The Balaban J connectivity index is 1.20. The first-order chi connectivity index (χ1) is 27.8. The molecule has 0 radical (unpaired) electrons. The van der Waals surface area contributed by atoms with Gasteiger partial charge in [0, 0.05) is 27.6 Å². The van der Waals surface area contributed by atoms with Gasteiger partial charge in [0.15, 0.2) is 0 Å². The topological polar surface area (TPSA) is 8.17 Å². The van der Waals surface area contributed by atoms with E-state index in [0.717, 1.165) is 28.3 Å². The largest absolute Gasteiger partial charge is 0.309 e. The molecular weight excluding hydrogens is 677 g/mol. The molecule has 0 amide bonds. The molecule has 0 unspecified atom stereocenters. The molecule has 0 spiro atoms. The second kappa shape index (κ2) is 14.4. The van der Waals surface area contributed by atoms with E-state index >= 15 is 0 Å². The van der Waals surface area contributed by atoms with Crippen LogP contribution in [0.15, 0.2) is 231 Å². The van der Waals surface area contributed by atoms with Gasteiger partial charge in [0.25, 0.3) is 0 Å². The van der Waals surface area contributed by atoms with Crippen LogP contribution in [0.3, 0.4) is 0 Å². The van der Waals surface area contributed by atoms with Crippen LogP contribution in [0.4, 0.5) is 17.1 Å². The third-order valence-corrected chi connectivity index (χ3v) is 10.8. The van der Waals surface area contributed by atoms with Crippen molar-refractivity contribution in [2.75, 3.05) is 4.90 Å². The molecule has 10 rings (SSSR count). The van der Waals surface area contributed by atoms with Crippen molar-refractivity contribution < 1.29 is 0 Å². The summed E-state index contributed by atoms with van der Waals surface area (Å²) in [4.78, 5) is 2.45. The molecule has 1 heterocycles. The second-order valence-electron chi connectivity index (χ2n) is 14.1. The van der Waals surface area contributed by atoms with Crippen molar-refractivity contribution in [2.24, 2.45) is 0 Å².